The van der Waals surface area contributed by atoms with E-state index < -0.39 is 0 Å². The second-order valence-electron chi connectivity index (χ2n) is 6.56. The van der Waals surface area contributed by atoms with Crippen molar-refractivity contribution in [2.75, 3.05) is 0 Å². The van der Waals surface area contributed by atoms with Crippen molar-refractivity contribution in [3.05, 3.63) is 29.7 Å². The van der Waals surface area contributed by atoms with Crippen molar-refractivity contribution >= 4 is 18.2 Å². The van der Waals surface area contributed by atoms with Gasteiger partial charge in [0, 0.05) is 11.9 Å². The Balaban J connectivity index is 2.00. The van der Waals surface area contributed by atoms with E-state index in [0.29, 0.717) is 0 Å². The molecule has 0 amide bonds. The lowest BCUT2D eigenvalue weighted by Gasteiger charge is -2.32. The van der Waals surface area contributed by atoms with E-state index in [1.807, 2.05) is 25.3 Å². The Morgan fingerprint density at radius 3 is 2.30 bits per heavy atom. The van der Waals surface area contributed by atoms with Crippen molar-refractivity contribution in [3.63, 3.8) is 0 Å². The van der Waals surface area contributed by atoms with Gasteiger partial charge in [-0.1, -0.05) is 0 Å². The summed E-state index contributed by atoms with van der Waals surface area (Å²) in [5.41, 5.74) is 3.54. The number of aryl methyl sites for hydroxylation is 2. The number of rotatable bonds is 1. The van der Waals surface area contributed by atoms with Gasteiger partial charge in [0.2, 0.25) is 0 Å². The second kappa shape index (κ2) is 4.09. The minimum Gasteiger partial charge on any atom is -0.399 e. The Labute approximate surface area is 120 Å². The molecule has 20 heavy (non-hydrogen) atoms. The van der Waals surface area contributed by atoms with Crippen molar-refractivity contribution in [3.8, 4) is 0 Å². The average molecular weight is 272 g/mol. The average Bonchev–Trinajstić information content (AvgIpc) is 2.74. The van der Waals surface area contributed by atoms with E-state index in [0.717, 1.165) is 16.8 Å². The van der Waals surface area contributed by atoms with Gasteiger partial charge in [0.25, 0.3) is 0 Å². The van der Waals surface area contributed by atoms with Gasteiger partial charge >= 0.3 is 7.12 Å². The molecule has 1 saturated heterocycles. The third-order valence-electron chi connectivity index (χ3n) is 4.65. The largest absolute Gasteiger partial charge is 0.495 e. The van der Waals surface area contributed by atoms with Gasteiger partial charge in [0.15, 0.2) is 0 Å². The van der Waals surface area contributed by atoms with Crippen LogP contribution >= 0.6 is 0 Å². The summed E-state index contributed by atoms with van der Waals surface area (Å²) in [5.74, 6) is 0. The molecule has 1 fully saturated rings. The zero-order valence-corrected chi connectivity index (χ0v) is 13.0. The molecule has 5 heteroatoms. The molecule has 3 heterocycles. The molecular weight excluding hydrogens is 251 g/mol. The highest BCUT2D eigenvalue weighted by molar-refractivity contribution is 6.62. The van der Waals surface area contributed by atoms with Gasteiger partial charge in [-0.2, -0.15) is 0 Å². The summed E-state index contributed by atoms with van der Waals surface area (Å²) < 4.78 is 14.2. The molecule has 0 N–H and O–H groups in total. The first kappa shape index (κ1) is 13.6. The predicted octanol–water partition coefficient (Wildman–Crippen LogP) is 2.25. The van der Waals surface area contributed by atoms with Crippen LogP contribution in [0.4, 0.5) is 0 Å². The van der Waals surface area contributed by atoms with Gasteiger partial charge in [-0.3, -0.25) is 0 Å². The van der Waals surface area contributed by atoms with Crippen LogP contribution in [0.15, 0.2) is 18.3 Å². The third-order valence-corrected chi connectivity index (χ3v) is 4.65. The zero-order chi connectivity index (χ0) is 14.7. The fourth-order valence-electron chi connectivity index (χ4n) is 2.43. The van der Waals surface area contributed by atoms with Crippen LogP contribution in [0.1, 0.15) is 39.1 Å². The van der Waals surface area contributed by atoms with Gasteiger partial charge < -0.3 is 13.7 Å². The molecule has 2 aromatic rings. The Morgan fingerprint density at radius 2 is 1.70 bits per heavy atom. The highest BCUT2D eigenvalue weighted by Gasteiger charge is 2.51. The van der Waals surface area contributed by atoms with Crippen LogP contribution < -0.4 is 5.46 Å². The molecule has 4 nitrogen and oxygen atoms in total. The van der Waals surface area contributed by atoms with Crippen LogP contribution in [0.2, 0.25) is 0 Å². The maximum Gasteiger partial charge on any atom is 0.495 e. The quantitative estimate of drug-likeness (QED) is 0.747. The number of pyridine rings is 1. The summed E-state index contributed by atoms with van der Waals surface area (Å²) in [6.07, 6.45) is 2.03. The highest BCUT2D eigenvalue weighted by atomic mass is 16.7. The molecule has 1 aliphatic rings. The van der Waals surface area contributed by atoms with E-state index in [-0.39, 0.29) is 18.3 Å². The van der Waals surface area contributed by atoms with E-state index >= 15 is 0 Å². The Kier molecular flexibility index (Phi) is 2.79. The number of aromatic nitrogens is 2. The van der Waals surface area contributed by atoms with Crippen LogP contribution in [0, 0.1) is 13.8 Å². The lowest BCUT2D eigenvalue weighted by molar-refractivity contribution is 0.00578. The molecule has 0 radical (unpaired) electrons. The van der Waals surface area contributed by atoms with Crippen molar-refractivity contribution in [2.45, 2.75) is 52.7 Å². The molecule has 0 spiro atoms. The summed E-state index contributed by atoms with van der Waals surface area (Å²) in [4.78, 5) is 4.57. The van der Waals surface area contributed by atoms with Gasteiger partial charge in [-0.15, -0.1) is 0 Å². The molecule has 0 saturated carbocycles. The summed E-state index contributed by atoms with van der Waals surface area (Å²) in [6, 6.07) is 4.09. The maximum absolute atomic E-state index is 6.08. The van der Waals surface area contributed by atoms with Crippen LogP contribution in [0.5, 0.6) is 0 Å². The molecule has 0 unspecified atom stereocenters. The summed E-state index contributed by atoms with van der Waals surface area (Å²) >= 11 is 0. The fraction of sp³-hybridized carbons (Fsp3) is 0.533. The van der Waals surface area contributed by atoms with E-state index in [9.17, 15) is 0 Å². The first-order chi connectivity index (χ1) is 9.21. The van der Waals surface area contributed by atoms with Gasteiger partial charge in [-0.25, -0.2) is 4.98 Å². The molecule has 106 valence electrons. The molecule has 0 bridgehead atoms. The second-order valence-corrected chi connectivity index (χ2v) is 6.56. The molecule has 0 aliphatic carbocycles. The van der Waals surface area contributed by atoms with Crippen molar-refractivity contribution in [1.29, 1.82) is 0 Å². The fourth-order valence-corrected chi connectivity index (χ4v) is 2.43. The monoisotopic (exact) mass is 272 g/mol. The number of nitrogens with zero attached hydrogens (tertiary/aromatic N) is 2. The summed E-state index contributed by atoms with van der Waals surface area (Å²) in [6.45, 7) is 12.4. The first-order valence-electron chi connectivity index (χ1n) is 7.02. The first-order valence-corrected chi connectivity index (χ1v) is 7.02. The number of hydrogen-bond donors (Lipinski definition) is 0. The zero-order valence-electron chi connectivity index (χ0n) is 13.0. The molecular formula is C15H21BN2O2. The summed E-state index contributed by atoms with van der Waals surface area (Å²) in [7, 11) is -0.331. The van der Waals surface area contributed by atoms with Crippen LogP contribution in [0.3, 0.4) is 0 Å². The standard InChI is InChI=1S/C15H21BN2O2/c1-10-11(2)18-8-7-12(9-13(18)17-10)16-19-14(3,4)15(5,6)20-16/h7-9H,1-6H3. The van der Waals surface area contributed by atoms with E-state index in [1.165, 1.54) is 5.69 Å². The molecule has 1 aliphatic heterocycles. The Bertz CT molecular complexity index is 660. The minimum atomic E-state index is -0.331. The van der Waals surface area contributed by atoms with Crippen LogP contribution in [-0.4, -0.2) is 27.7 Å². The minimum absolute atomic E-state index is 0.314. The number of imidazole rings is 1. The molecule has 3 rings (SSSR count). The molecule has 2 aromatic heterocycles. The normalized spacial score (nSPS) is 20.8. The SMILES string of the molecule is Cc1nc2cc(B3OC(C)(C)C(C)(C)O3)ccn2c1C. The Morgan fingerprint density at radius 1 is 1.10 bits per heavy atom. The maximum atomic E-state index is 6.08. The molecule has 0 aromatic carbocycles. The van der Waals surface area contributed by atoms with E-state index in [2.05, 4.69) is 44.0 Å². The lowest BCUT2D eigenvalue weighted by atomic mass is 9.80. The molecule has 0 atom stereocenters. The van der Waals surface area contributed by atoms with Gasteiger partial charge in [0.05, 0.1) is 16.9 Å². The smallest absolute Gasteiger partial charge is 0.399 e. The third kappa shape index (κ3) is 1.88. The van der Waals surface area contributed by atoms with E-state index in [1.54, 1.807) is 0 Å². The number of fused-ring (bicyclic) bond motifs is 1. The van der Waals surface area contributed by atoms with E-state index in [4.69, 9.17) is 9.31 Å². The topological polar surface area (TPSA) is 35.8 Å². The lowest BCUT2D eigenvalue weighted by Crippen LogP contribution is -2.41. The van der Waals surface area contributed by atoms with Crippen molar-refractivity contribution in [1.82, 2.24) is 9.38 Å². The van der Waals surface area contributed by atoms with Gasteiger partial charge in [0.1, 0.15) is 5.65 Å². The van der Waals surface area contributed by atoms with Crippen molar-refractivity contribution < 1.29 is 9.31 Å². The van der Waals surface area contributed by atoms with Crippen LogP contribution in [-0.2, 0) is 9.31 Å². The Hall–Kier alpha value is -1.33. The highest BCUT2D eigenvalue weighted by Crippen LogP contribution is 2.36. The number of hydrogen-bond acceptors (Lipinski definition) is 3. The summed E-state index contributed by atoms with van der Waals surface area (Å²) in [5, 5.41) is 0. The van der Waals surface area contributed by atoms with Crippen molar-refractivity contribution in [2.24, 2.45) is 0 Å². The van der Waals surface area contributed by atoms with Gasteiger partial charge in [-0.05, 0) is 59.1 Å². The predicted molar refractivity (Wildman–Crippen MR) is 80.4 cm³/mol. The van der Waals surface area contributed by atoms with Crippen LogP contribution in [0.25, 0.3) is 5.65 Å².